The zero-order valence-electron chi connectivity index (χ0n) is 14.8. The van der Waals surface area contributed by atoms with Crippen LogP contribution in [0.1, 0.15) is 40.5 Å². The summed E-state index contributed by atoms with van der Waals surface area (Å²) in [5, 5.41) is 21.3. The van der Waals surface area contributed by atoms with Gasteiger partial charge in [0, 0.05) is 18.7 Å². The number of carbonyl (C=O) groups excluding carboxylic acids is 1. The molecule has 0 bridgehead atoms. The van der Waals surface area contributed by atoms with E-state index in [-0.39, 0.29) is 18.6 Å². The lowest BCUT2D eigenvalue weighted by Crippen LogP contribution is -2.40. The predicted octanol–water partition coefficient (Wildman–Crippen LogP) is 0.887. The molecule has 3 heterocycles. The van der Waals surface area contributed by atoms with Crippen molar-refractivity contribution in [1.82, 2.24) is 34.7 Å². The third-order valence-corrected chi connectivity index (χ3v) is 4.76. The number of aromatic nitrogens is 6. The molecule has 0 saturated carbocycles. The van der Waals surface area contributed by atoms with Crippen molar-refractivity contribution >= 4 is 5.91 Å². The molecule has 1 unspecified atom stereocenters. The average molecular weight is 367 g/mol. The van der Waals surface area contributed by atoms with Crippen LogP contribution in [0.2, 0.25) is 0 Å². The van der Waals surface area contributed by atoms with Crippen LogP contribution in [0.4, 0.5) is 0 Å². The van der Waals surface area contributed by atoms with E-state index in [0.717, 1.165) is 24.9 Å². The Balaban J connectivity index is 1.47. The van der Waals surface area contributed by atoms with Gasteiger partial charge in [-0.05, 0) is 30.5 Å². The lowest BCUT2D eigenvalue weighted by Gasteiger charge is -2.32. The second-order valence-electron chi connectivity index (χ2n) is 6.69. The molecule has 1 saturated heterocycles. The Kier molecular flexibility index (Phi) is 4.93. The van der Waals surface area contributed by atoms with Crippen LogP contribution in [-0.2, 0) is 13.2 Å². The van der Waals surface area contributed by atoms with Gasteiger partial charge in [-0.3, -0.25) is 4.79 Å². The van der Waals surface area contributed by atoms with Gasteiger partial charge >= 0.3 is 0 Å². The standard InChI is InChI=1S/C18H21N7O2/c26-11-16-9-25(22-21-16)17-5-2-6-23(10-17)18(27)15-4-1-3-14(7-15)8-24-13-19-12-20-24/h1,3-4,7,9,12-13,17,26H,2,5-6,8,10-11H2. The Hall–Kier alpha value is -3.07. The van der Waals surface area contributed by atoms with E-state index in [0.29, 0.717) is 24.3 Å². The summed E-state index contributed by atoms with van der Waals surface area (Å²) in [6.45, 7) is 1.76. The summed E-state index contributed by atoms with van der Waals surface area (Å²) in [6, 6.07) is 7.70. The fourth-order valence-corrected chi connectivity index (χ4v) is 3.41. The third-order valence-electron chi connectivity index (χ3n) is 4.76. The first kappa shape index (κ1) is 17.3. The van der Waals surface area contributed by atoms with E-state index < -0.39 is 0 Å². The molecule has 1 aliphatic rings. The topological polar surface area (TPSA) is 102 Å². The van der Waals surface area contributed by atoms with Crippen LogP contribution in [0.25, 0.3) is 0 Å². The number of rotatable bonds is 5. The number of benzene rings is 1. The van der Waals surface area contributed by atoms with Gasteiger partial charge in [-0.15, -0.1) is 5.10 Å². The minimum absolute atomic E-state index is 0.0163. The molecule has 2 aromatic heterocycles. The van der Waals surface area contributed by atoms with E-state index >= 15 is 0 Å². The first-order valence-corrected chi connectivity index (χ1v) is 8.95. The number of aliphatic hydroxyl groups is 1. The summed E-state index contributed by atoms with van der Waals surface area (Å²) in [7, 11) is 0. The van der Waals surface area contributed by atoms with Gasteiger partial charge in [0.05, 0.1) is 25.4 Å². The molecule has 0 aliphatic carbocycles. The summed E-state index contributed by atoms with van der Waals surface area (Å²) in [4.78, 5) is 18.8. The minimum atomic E-state index is -0.131. The highest BCUT2D eigenvalue weighted by atomic mass is 16.3. The van der Waals surface area contributed by atoms with Crippen molar-refractivity contribution in [1.29, 1.82) is 0 Å². The lowest BCUT2D eigenvalue weighted by molar-refractivity contribution is 0.0671. The van der Waals surface area contributed by atoms with Gasteiger partial charge in [0.15, 0.2) is 0 Å². The zero-order chi connectivity index (χ0) is 18.6. The van der Waals surface area contributed by atoms with Crippen molar-refractivity contribution in [2.24, 2.45) is 0 Å². The van der Waals surface area contributed by atoms with Gasteiger partial charge in [0.25, 0.3) is 5.91 Å². The number of piperidine rings is 1. The Morgan fingerprint density at radius 1 is 1.33 bits per heavy atom. The molecule has 0 spiro atoms. The van der Waals surface area contributed by atoms with Crippen LogP contribution >= 0.6 is 0 Å². The van der Waals surface area contributed by atoms with Gasteiger partial charge in [-0.2, -0.15) is 5.10 Å². The number of likely N-dealkylation sites (tertiary alicyclic amines) is 1. The molecule has 0 radical (unpaired) electrons. The Morgan fingerprint density at radius 2 is 2.26 bits per heavy atom. The van der Waals surface area contributed by atoms with E-state index in [1.165, 1.54) is 6.33 Å². The highest BCUT2D eigenvalue weighted by Gasteiger charge is 2.26. The predicted molar refractivity (Wildman–Crippen MR) is 95.7 cm³/mol. The van der Waals surface area contributed by atoms with Gasteiger partial charge in [-0.25, -0.2) is 14.3 Å². The van der Waals surface area contributed by atoms with Gasteiger partial charge < -0.3 is 10.0 Å². The lowest BCUT2D eigenvalue weighted by atomic mass is 10.0. The molecular weight excluding hydrogens is 346 g/mol. The summed E-state index contributed by atoms with van der Waals surface area (Å²) in [5.41, 5.74) is 2.21. The van der Waals surface area contributed by atoms with Crippen LogP contribution in [0.3, 0.4) is 0 Å². The van der Waals surface area contributed by atoms with Crippen molar-refractivity contribution in [3.05, 3.63) is 59.9 Å². The van der Waals surface area contributed by atoms with Crippen molar-refractivity contribution in [2.45, 2.75) is 32.0 Å². The largest absolute Gasteiger partial charge is 0.390 e. The summed E-state index contributed by atoms with van der Waals surface area (Å²) >= 11 is 0. The molecule has 3 aromatic rings. The molecule has 1 aromatic carbocycles. The Morgan fingerprint density at radius 3 is 3.04 bits per heavy atom. The van der Waals surface area contributed by atoms with E-state index in [2.05, 4.69) is 20.4 Å². The van der Waals surface area contributed by atoms with Crippen molar-refractivity contribution in [2.75, 3.05) is 13.1 Å². The average Bonchev–Trinajstić information content (AvgIpc) is 3.39. The van der Waals surface area contributed by atoms with Crippen LogP contribution in [0, 0.1) is 0 Å². The van der Waals surface area contributed by atoms with Gasteiger partial charge in [0.1, 0.15) is 18.3 Å². The maximum Gasteiger partial charge on any atom is 0.253 e. The van der Waals surface area contributed by atoms with Crippen LogP contribution in [0.15, 0.2) is 43.1 Å². The first-order chi connectivity index (χ1) is 13.2. The molecule has 1 aliphatic heterocycles. The van der Waals surface area contributed by atoms with Crippen molar-refractivity contribution < 1.29 is 9.90 Å². The molecule has 1 N–H and O–H groups in total. The summed E-state index contributed by atoms with van der Waals surface area (Å²) < 4.78 is 3.48. The number of carbonyl (C=O) groups is 1. The van der Waals surface area contributed by atoms with Crippen LogP contribution in [0.5, 0.6) is 0 Å². The highest BCUT2D eigenvalue weighted by molar-refractivity contribution is 5.94. The summed E-state index contributed by atoms with van der Waals surface area (Å²) in [6.07, 6.45) is 6.74. The SMILES string of the molecule is O=C(c1cccc(Cn2cncn2)c1)N1CCCC(n2cc(CO)nn2)C1. The number of amides is 1. The van der Waals surface area contributed by atoms with Crippen LogP contribution in [-0.4, -0.2) is 58.8 Å². The van der Waals surface area contributed by atoms with Gasteiger partial charge in [-0.1, -0.05) is 17.3 Å². The molecule has 1 amide bonds. The Labute approximate surface area is 156 Å². The maximum absolute atomic E-state index is 13.0. The molecule has 9 heteroatoms. The molecule has 27 heavy (non-hydrogen) atoms. The first-order valence-electron chi connectivity index (χ1n) is 8.95. The fourth-order valence-electron chi connectivity index (χ4n) is 3.41. The number of hydrogen-bond donors (Lipinski definition) is 1. The summed E-state index contributed by atoms with van der Waals surface area (Å²) in [5.74, 6) is 0.0163. The third kappa shape index (κ3) is 3.87. The number of aliphatic hydroxyl groups excluding tert-OH is 1. The second-order valence-corrected chi connectivity index (χ2v) is 6.69. The normalized spacial score (nSPS) is 17.2. The van der Waals surface area contributed by atoms with E-state index in [1.807, 2.05) is 29.2 Å². The number of nitrogens with zero attached hydrogens (tertiary/aromatic N) is 7. The minimum Gasteiger partial charge on any atom is -0.390 e. The zero-order valence-corrected chi connectivity index (χ0v) is 14.8. The van der Waals surface area contributed by atoms with E-state index in [4.69, 9.17) is 5.11 Å². The van der Waals surface area contributed by atoms with Crippen molar-refractivity contribution in [3.63, 3.8) is 0 Å². The monoisotopic (exact) mass is 367 g/mol. The maximum atomic E-state index is 13.0. The highest BCUT2D eigenvalue weighted by Crippen LogP contribution is 2.22. The van der Waals surface area contributed by atoms with E-state index in [1.54, 1.807) is 21.9 Å². The van der Waals surface area contributed by atoms with E-state index in [9.17, 15) is 4.79 Å². The van der Waals surface area contributed by atoms with Crippen molar-refractivity contribution in [3.8, 4) is 0 Å². The van der Waals surface area contributed by atoms with Crippen LogP contribution < -0.4 is 0 Å². The molecule has 1 fully saturated rings. The molecule has 9 nitrogen and oxygen atoms in total. The molecule has 140 valence electrons. The quantitative estimate of drug-likeness (QED) is 0.718. The fraction of sp³-hybridized carbons (Fsp3) is 0.389. The molecule has 1 atom stereocenters. The smallest absolute Gasteiger partial charge is 0.253 e. The molecule has 4 rings (SSSR count). The second kappa shape index (κ2) is 7.67. The number of hydrogen-bond acceptors (Lipinski definition) is 6. The van der Waals surface area contributed by atoms with Gasteiger partial charge in [0.2, 0.25) is 0 Å². The Bertz CT molecular complexity index is 906. The molecular formula is C18H21N7O2.